The summed E-state index contributed by atoms with van der Waals surface area (Å²) in [6.45, 7) is 0.402. The molecule has 244 valence electrons. The second-order valence-electron chi connectivity index (χ2n) is 11.5. The third-order valence-corrected chi connectivity index (χ3v) is 8.67. The number of hydrogen-bond donors (Lipinski definition) is 0. The van der Waals surface area contributed by atoms with E-state index >= 15 is 0 Å². The fraction of sp³-hybridized carbons (Fsp3) is 0.156. The van der Waals surface area contributed by atoms with Crippen LogP contribution in [0.25, 0.3) is 65.4 Å². The minimum atomic E-state index is -5.30. The van der Waals surface area contributed by atoms with Crippen LogP contribution in [0.5, 0.6) is 0 Å². The highest BCUT2D eigenvalue weighted by molar-refractivity contribution is 6.28. The number of fused-ring (bicyclic) bond motifs is 8. The molecule has 8 rings (SSSR count). The van der Waals surface area contributed by atoms with Gasteiger partial charge in [0.2, 0.25) is 0 Å². The van der Waals surface area contributed by atoms with E-state index in [1.165, 1.54) is 24.3 Å². The molecule has 0 saturated heterocycles. The molecule has 0 unspecified atom stereocenters. The van der Waals surface area contributed by atoms with Crippen LogP contribution in [0.15, 0.2) is 64.2 Å². The summed E-state index contributed by atoms with van der Waals surface area (Å²) >= 11 is 0. The van der Waals surface area contributed by atoms with Gasteiger partial charge >= 0.3 is 18.5 Å². The molecule has 0 aliphatic rings. The Hall–Kier alpha value is -5.28. The normalized spacial score (nSPS) is 14.0. The lowest BCUT2D eigenvalue weighted by Crippen LogP contribution is -2.17. The van der Waals surface area contributed by atoms with E-state index in [2.05, 4.69) is 4.98 Å². The molecule has 0 radical (unpaired) electrons. The van der Waals surface area contributed by atoms with Gasteiger partial charge in [-0.2, -0.15) is 39.5 Å². The van der Waals surface area contributed by atoms with Crippen LogP contribution >= 0.6 is 0 Å². The fourth-order valence-electron chi connectivity index (χ4n) is 6.65. The van der Waals surface area contributed by atoms with E-state index in [1.807, 2.05) is 0 Å². The van der Waals surface area contributed by atoms with E-state index in [9.17, 15) is 57.9 Å². The lowest BCUT2D eigenvalue weighted by atomic mass is 9.96. The van der Waals surface area contributed by atoms with Gasteiger partial charge in [-0.25, -0.2) is 13.8 Å². The van der Waals surface area contributed by atoms with E-state index in [0.717, 1.165) is 16.5 Å². The van der Waals surface area contributed by atoms with Crippen molar-refractivity contribution in [2.75, 3.05) is 0 Å². The zero-order valence-electron chi connectivity index (χ0n) is 23.5. The quantitative estimate of drug-likeness (QED) is 0.129. The summed E-state index contributed by atoms with van der Waals surface area (Å²) in [6, 6.07) is 7.15. The Balaban J connectivity index is 1.58. The Bertz CT molecular complexity index is 2630. The molecule has 0 atom stereocenters. The summed E-state index contributed by atoms with van der Waals surface area (Å²) < 4.78 is 156. The van der Waals surface area contributed by atoms with E-state index < -0.39 is 85.4 Å². The van der Waals surface area contributed by atoms with Crippen molar-refractivity contribution in [2.24, 2.45) is 0 Å². The molecule has 48 heavy (non-hydrogen) atoms. The first-order valence-electron chi connectivity index (χ1n) is 13.7. The van der Waals surface area contributed by atoms with E-state index in [4.69, 9.17) is 0 Å². The predicted octanol–water partition coefficient (Wildman–Crippen LogP) is 9.12. The highest BCUT2D eigenvalue weighted by Crippen LogP contribution is 2.44. The fourth-order valence-corrected chi connectivity index (χ4v) is 6.65. The van der Waals surface area contributed by atoms with Crippen LogP contribution in [0.4, 0.5) is 48.3 Å². The first-order chi connectivity index (χ1) is 22.2. The molecule has 5 nitrogen and oxygen atoms in total. The Morgan fingerprint density at radius 1 is 0.521 bits per heavy atom. The van der Waals surface area contributed by atoms with Crippen LogP contribution in [0, 0.1) is 0 Å². The Morgan fingerprint density at radius 3 is 1.60 bits per heavy atom. The Kier molecular flexibility index (Phi) is 5.51. The van der Waals surface area contributed by atoms with Crippen molar-refractivity contribution >= 4 is 65.4 Å². The molecule has 0 spiro atoms. The molecular weight excluding hydrogens is 667 g/mol. The summed E-state index contributed by atoms with van der Waals surface area (Å²) in [5, 5.41) is -0.927. The molecule has 8 aromatic rings. The number of nitrogens with zero attached hydrogens (tertiary/aromatic N) is 3. The standard InChI is InChI=1S/C32H12F11N3O2/c1-29(33,34)11-6-18(31(38,39)40)17-10-21-13-2-4-16-24-14(3-5-15(23(13)24)27(47)45(21)20(17)8-11)26-44-25-19(32(41,42)43)7-12(30(35,36)37)9-22(25)46(26)28(16)48/h2-10H,1H3. The second-order valence-corrected chi connectivity index (χ2v) is 11.5. The number of aromatic nitrogens is 3. The summed E-state index contributed by atoms with van der Waals surface area (Å²) in [6.07, 6.45) is -15.6. The third kappa shape index (κ3) is 3.88. The van der Waals surface area contributed by atoms with Gasteiger partial charge in [-0.1, -0.05) is 6.07 Å². The van der Waals surface area contributed by atoms with Crippen molar-refractivity contribution < 1.29 is 48.3 Å². The van der Waals surface area contributed by atoms with Crippen LogP contribution in [-0.4, -0.2) is 13.8 Å². The number of rotatable bonds is 1. The first kappa shape index (κ1) is 30.1. The molecule has 0 N–H and O–H groups in total. The molecule has 0 fully saturated rings. The topological polar surface area (TPSA) is 55.9 Å². The van der Waals surface area contributed by atoms with Gasteiger partial charge in [0.1, 0.15) is 11.2 Å². The number of benzene rings is 4. The Labute approximate surface area is 256 Å². The van der Waals surface area contributed by atoms with E-state index in [1.54, 1.807) is 0 Å². The largest absolute Gasteiger partial charge is 0.418 e. The monoisotopic (exact) mass is 679 g/mol. The molecule has 4 heterocycles. The number of halogens is 11. The van der Waals surface area contributed by atoms with Crippen LogP contribution in [-0.2, 0) is 24.5 Å². The summed E-state index contributed by atoms with van der Waals surface area (Å²) in [7, 11) is 0. The van der Waals surface area contributed by atoms with Gasteiger partial charge in [0, 0.05) is 50.2 Å². The van der Waals surface area contributed by atoms with Crippen molar-refractivity contribution in [2.45, 2.75) is 31.4 Å². The summed E-state index contributed by atoms with van der Waals surface area (Å²) in [4.78, 5) is 31.7. The highest BCUT2D eigenvalue weighted by atomic mass is 19.4. The van der Waals surface area contributed by atoms with Gasteiger partial charge in [-0.05, 0) is 48.5 Å². The second kappa shape index (κ2) is 8.79. The lowest BCUT2D eigenvalue weighted by molar-refractivity contribution is -0.142. The van der Waals surface area contributed by atoms with Crippen molar-refractivity contribution in [3.63, 3.8) is 0 Å². The molecule has 0 bridgehead atoms. The van der Waals surface area contributed by atoms with Gasteiger partial charge in [-0.15, -0.1) is 0 Å². The van der Waals surface area contributed by atoms with Crippen LogP contribution in [0.2, 0.25) is 0 Å². The van der Waals surface area contributed by atoms with Crippen LogP contribution in [0.1, 0.15) is 29.2 Å². The molecule has 0 saturated carbocycles. The predicted molar refractivity (Wildman–Crippen MR) is 153 cm³/mol. The highest BCUT2D eigenvalue weighted by Gasteiger charge is 2.40. The van der Waals surface area contributed by atoms with E-state index in [-0.39, 0.29) is 43.9 Å². The van der Waals surface area contributed by atoms with Gasteiger partial charge < -0.3 is 0 Å². The summed E-state index contributed by atoms with van der Waals surface area (Å²) in [5.74, 6) is -3.71. The van der Waals surface area contributed by atoms with Gasteiger partial charge in [0.05, 0.1) is 33.2 Å². The zero-order valence-corrected chi connectivity index (χ0v) is 23.5. The van der Waals surface area contributed by atoms with Crippen molar-refractivity contribution in [3.05, 3.63) is 97.6 Å². The number of hydrogen-bond acceptors (Lipinski definition) is 3. The number of pyridine rings is 2. The average molecular weight is 679 g/mol. The average Bonchev–Trinajstić information content (AvgIpc) is 3.55. The van der Waals surface area contributed by atoms with Gasteiger partial charge in [-0.3, -0.25) is 18.4 Å². The van der Waals surface area contributed by atoms with Crippen molar-refractivity contribution in [1.82, 2.24) is 13.8 Å². The maximum Gasteiger partial charge on any atom is 0.418 e. The molecule has 0 aliphatic heterocycles. The minimum Gasteiger partial charge on any atom is -0.276 e. The zero-order chi connectivity index (χ0) is 34.6. The first-order valence-corrected chi connectivity index (χ1v) is 13.7. The minimum absolute atomic E-state index is 0.0126. The van der Waals surface area contributed by atoms with Gasteiger partial charge in [0.25, 0.3) is 17.0 Å². The molecule has 4 aromatic carbocycles. The Morgan fingerprint density at radius 2 is 1.02 bits per heavy atom. The van der Waals surface area contributed by atoms with Crippen LogP contribution < -0.4 is 11.1 Å². The SMILES string of the molecule is CC(F)(F)c1cc(C(F)(F)F)c2cc3c4ccc5c(=O)n6c7cc(C(F)(F)F)cc(C(F)(F)F)c7nc6c6ccc(c(=O)n3c2c1)c4c56. The van der Waals surface area contributed by atoms with Crippen LogP contribution in [0.3, 0.4) is 0 Å². The molecule has 0 aliphatic carbocycles. The van der Waals surface area contributed by atoms with E-state index in [0.29, 0.717) is 23.5 Å². The maximum absolute atomic E-state index is 14.3. The third-order valence-electron chi connectivity index (χ3n) is 8.67. The summed E-state index contributed by atoms with van der Waals surface area (Å²) in [5.41, 5.74) is -10.6. The maximum atomic E-state index is 14.3. The van der Waals surface area contributed by atoms with Gasteiger partial charge in [0.15, 0.2) is 0 Å². The molecule has 0 amide bonds. The molecule has 4 aromatic heterocycles. The van der Waals surface area contributed by atoms with Crippen molar-refractivity contribution in [1.29, 1.82) is 0 Å². The smallest absolute Gasteiger partial charge is 0.276 e. The molecule has 16 heteroatoms. The number of imidazole rings is 1. The van der Waals surface area contributed by atoms with Crippen molar-refractivity contribution in [3.8, 4) is 0 Å². The lowest BCUT2D eigenvalue weighted by Gasteiger charge is -2.15. The molecular formula is C32H12F11N3O2. The number of alkyl halides is 11.